The first-order valence-electron chi connectivity index (χ1n) is 10.3. The average molecular weight is 392 g/mol. The first kappa shape index (κ1) is 18.0. The second kappa shape index (κ2) is 7.10. The molecule has 2 aromatic carbocycles. The van der Waals surface area contributed by atoms with Crippen LogP contribution < -0.4 is 20.1 Å². The van der Waals surface area contributed by atoms with Crippen molar-refractivity contribution in [3.05, 3.63) is 48.0 Å². The van der Waals surface area contributed by atoms with Crippen molar-refractivity contribution in [1.29, 1.82) is 0 Å². The van der Waals surface area contributed by atoms with Gasteiger partial charge in [0, 0.05) is 42.6 Å². The highest BCUT2D eigenvalue weighted by Gasteiger charge is 2.44. The Morgan fingerprint density at radius 2 is 1.90 bits per heavy atom. The maximum absolute atomic E-state index is 12.4. The zero-order valence-corrected chi connectivity index (χ0v) is 16.2. The summed E-state index contributed by atoms with van der Waals surface area (Å²) < 4.78 is 12.1. The molecule has 1 atom stereocenters. The number of amides is 2. The largest absolute Gasteiger partial charge is 0.448 e. The van der Waals surface area contributed by atoms with Crippen molar-refractivity contribution in [2.75, 3.05) is 10.6 Å². The average Bonchev–Trinajstić information content (AvgIpc) is 3.31. The molecule has 1 saturated carbocycles. The molecule has 0 saturated heterocycles. The van der Waals surface area contributed by atoms with Crippen molar-refractivity contribution >= 4 is 23.2 Å². The lowest BCUT2D eigenvalue weighted by molar-refractivity contribution is -0.121. The maximum Gasteiger partial charge on any atom is 0.251 e. The van der Waals surface area contributed by atoms with Gasteiger partial charge in [-0.2, -0.15) is 0 Å². The predicted molar refractivity (Wildman–Crippen MR) is 109 cm³/mol. The molecule has 2 heterocycles. The smallest absolute Gasteiger partial charge is 0.251 e. The highest BCUT2D eigenvalue weighted by molar-refractivity contribution is 5.96. The van der Waals surface area contributed by atoms with Gasteiger partial charge in [0.15, 0.2) is 11.5 Å². The minimum absolute atomic E-state index is 0.0126. The van der Waals surface area contributed by atoms with E-state index in [1.807, 2.05) is 42.5 Å². The highest BCUT2D eigenvalue weighted by atomic mass is 16.7. The molecule has 29 heavy (non-hydrogen) atoms. The SMILES string of the molecule is O=C(CCC1Cc2ccccc2NC1=O)Nc1ccc2c(c1)OC1(CCCC1)O2. The standard InChI is InChI=1S/C23H24N2O4/c26-21(10-7-16-13-15-5-1-2-6-18(15)25-22(16)27)24-17-8-9-19-20(14-17)29-23(28-19)11-3-4-12-23/h1-2,5-6,8-9,14,16H,3-4,7,10-13H2,(H,24,26)(H,25,27). The Morgan fingerprint density at radius 1 is 1.10 bits per heavy atom. The molecule has 2 amide bonds. The van der Waals surface area contributed by atoms with Crippen LogP contribution in [0.4, 0.5) is 11.4 Å². The molecule has 0 aromatic heterocycles. The minimum Gasteiger partial charge on any atom is -0.448 e. The van der Waals surface area contributed by atoms with Crippen LogP contribution in [0.25, 0.3) is 0 Å². The number of benzene rings is 2. The highest BCUT2D eigenvalue weighted by Crippen LogP contribution is 2.47. The molecule has 150 valence electrons. The third-order valence-electron chi connectivity index (χ3n) is 6.02. The quantitative estimate of drug-likeness (QED) is 0.815. The summed E-state index contributed by atoms with van der Waals surface area (Å²) >= 11 is 0. The number of carbonyl (C=O) groups excluding carboxylic acids is 2. The van der Waals surface area contributed by atoms with Crippen LogP contribution >= 0.6 is 0 Å². The molecule has 2 N–H and O–H groups in total. The van der Waals surface area contributed by atoms with Crippen LogP contribution in [0.1, 0.15) is 44.1 Å². The minimum atomic E-state index is -0.504. The molecular weight excluding hydrogens is 368 g/mol. The number of hydrogen-bond acceptors (Lipinski definition) is 4. The van der Waals surface area contributed by atoms with Gasteiger partial charge in [-0.3, -0.25) is 9.59 Å². The Morgan fingerprint density at radius 3 is 2.76 bits per heavy atom. The first-order valence-corrected chi connectivity index (χ1v) is 10.3. The fourth-order valence-electron chi connectivity index (χ4n) is 4.46. The summed E-state index contributed by atoms with van der Waals surface area (Å²) in [5, 5.41) is 5.85. The zero-order chi connectivity index (χ0) is 19.8. The molecule has 5 rings (SSSR count). The molecule has 0 bridgehead atoms. The van der Waals surface area contributed by atoms with Crippen LogP contribution in [0, 0.1) is 5.92 Å². The summed E-state index contributed by atoms with van der Waals surface area (Å²) in [4.78, 5) is 24.7. The van der Waals surface area contributed by atoms with Gasteiger partial charge in [-0.25, -0.2) is 0 Å². The van der Waals surface area contributed by atoms with Crippen LogP contribution in [0.3, 0.4) is 0 Å². The van der Waals surface area contributed by atoms with E-state index < -0.39 is 5.79 Å². The molecule has 6 nitrogen and oxygen atoms in total. The number of anilines is 2. The predicted octanol–water partition coefficient (Wildman–Crippen LogP) is 4.26. The van der Waals surface area contributed by atoms with E-state index in [1.54, 1.807) is 0 Å². The normalized spacial score (nSPS) is 21.0. The van der Waals surface area contributed by atoms with E-state index in [1.165, 1.54) is 0 Å². The van der Waals surface area contributed by atoms with E-state index in [4.69, 9.17) is 9.47 Å². The van der Waals surface area contributed by atoms with Crippen LogP contribution in [0.5, 0.6) is 11.5 Å². The van der Waals surface area contributed by atoms with E-state index in [9.17, 15) is 9.59 Å². The zero-order valence-electron chi connectivity index (χ0n) is 16.2. The Hall–Kier alpha value is -3.02. The molecule has 0 radical (unpaired) electrons. The number of nitrogens with one attached hydrogen (secondary N) is 2. The Labute approximate surface area is 169 Å². The van der Waals surface area contributed by atoms with Crippen molar-refractivity contribution in [3.63, 3.8) is 0 Å². The maximum atomic E-state index is 12.4. The van der Waals surface area contributed by atoms with Gasteiger partial charge in [-0.1, -0.05) is 18.2 Å². The fourth-order valence-corrected chi connectivity index (χ4v) is 4.46. The third-order valence-corrected chi connectivity index (χ3v) is 6.02. The van der Waals surface area contributed by atoms with E-state index in [-0.39, 0.29) is 17.7 Å². The number of carbonyl (C=O) groups is 2. The Kier molecular flexibility index (Phi) is 4.42. The van der Waals surface area contributed by atoms with Crippen LogP contribution in [-0.2, 0) is 16.0 Å². The number of ether oxygens (including phenoxy) is 2. The van der Waals surface area contributed by atoms with Gasteiger partial charge in [-0.15, -0.1) is 0 Å². The van der Waals surface area contributed by atoms with E-state index in [2.05, 4.69) is 10.6 Å². The summed E-state index contributed by atoms with van der Waals surface area (Å²) in [6, 6.07) is 13.3. The topological polar surface area (TPSA) is 76.7 Å². The first-order chi connectivity index (χ1) is 14.1. The summed E-state index contributed by atoms with van der Waals surface area (Å²) in [7, 11) is 0. The summed E-state index contributed by atoms with van der Waals surface area (Å²) in [6.45, 7) is 0. The number of rotatable bonds is 4. The van der Waals surface area contributed by atoms with Gasteiger partial charge in [0.25, 0.3) is 5.79 Å². The number of para-hydroxylation sites is 1. The molecule has 1 aliphatic carbocycles. The van der Waals surface area contributed by atoms with Crippen molar-refractivity contribution < 1.29 is 19.1 Å². The van der Waals surface area contributed by atoms with Crippen LogP contribution in [0.15, 0.2) is 42.5 Å². The molecule has 6 heteroatoms. The molecule has 2 aliphatic heterocycles. The van der Waals surface area contributed by atoms with Crippen LogP contribution in [0.2, 0.25) is 0 Å². The molecule has 3 aliphatic rings. The fraction of sp³-hybridized carbons (Fsp3) is 0.391. The van der Waals surface area contributed by atoms with E-state index in [0.717, 1.165) is 42.7 Å². The Balaban J connectivity index is 1.18. The van der Waals surface area contributed by atoms with Gasteiger partial charge in [0.2, 0.25) is 11.8 Å². The molecule has 1 unspecified atom stereocenters. The summed E-state index contributed by atoms with van der Waals surface area (Å²) in [6.07, 6.45) is 5.49. The Bertz CT molecular complexity index is 965. The van der Waals surface area contributed by atoms with Gasteiger partial charge in [-0.05, 0) is 49.4 Å². The lowest BCUT2D eigenvalue weighted by Gasteiger charge is -2.24. The lowest BCUT2D eigenvalue weighted by Crippen LogP contribution is -2.34. The number of hydrogen-bond donors (Lipinski definition) is 2. The monoisotopic (exact) mass is 392 g/mol. The second-order valence-electron chi connectivity index (χ2n) is 8.12. The van der Waals surface area contributed by atoms with Crippen molar-refractivity contribution in [2.45, 2.75) is 50.7 Å². The van der Waals surface area contributed by atoms with Crippen molar-refractivity contribution in [2.24, 2.45) is 5.92 Å². The molecule has 2 aromatic rings. The van der Waals surface area contributed by atoms with Crippen molar-refractivity contribution in [3.8, 4) is 11.5 Å². The number of fused-ring (bicyclic) bond motifs is 2. The second-order valence-corrected chi connectivity index (χ2v) is 8.12. The lowest BCUT2D eigenvalue weighted by atomic mass is 9.89. The van der Waals surface area contributed by atoms with Gasteiger partial charge in [0.1, 0.15) is 0 Å². The summed E-state index contributed by atoms with van der Waals surface area (Å²) in [5.41, 5.74) is 2.68. The summed E-state index contributed by atoms with van der Waals surface area (Å²) in [5.74, 6) is 0.618. The van der Waals surface area contributed by atoms with Gasteiger partial charge in [0.05, 0.1) is 0 Å². The van der Waals surface area contributed by atoms with Gasteiger partial charge < -0.3 is 20.1 Å². The van der Waals surface area contributed by atoms with Crippen molar-refractivity contribution in [1.82, 2.24) is 0 Å². The molecular formula is C23H24N2O4. The van der Waals surface area contributed by atoms with E-state index in [0.29, 0.717) is 30.7 Å². The van der Waals surface area contributed by atoms with E-state index >= 15 is 0 Å². The van der Waals surface area contributed by atoms with Crippen LogP contribution in [-0.4, -0.2) is 17.6 Å². The molecule has 1 fully saturated rings. The molecule has 1 spiro atoms. The van der Waals surface area contributed by atoms with Gasteiger partial charge >= 0.3 is 0 Å². The third kappa shape index (κ3) is 3.55.